The van der Waals surface area contributed by atoms with Gasteiger partial charge >= 0.3 is 5.97 Å². The third-order valence-corrected chi connectivity index (χ3v) is 2.51. The van der Waals surface area contributed by atoms with E-state index < -0.39 is 11.9 Å². The van der Waals surface area contributed by atoms with Gasteiger partial charge in [0.05, 0.1) is 0 Å². The van der Waals surface area contributed by atoms with Crippen LogP contribution in [0.3, 0.4) is 0 Å². The van der Waals surface area contributed by atoms with Crippen LogP contribution >= 0.6 is 0 Å². The Bertz CT molecular complexity index is 368. The lowest BCUT2D eigenvalue weighted by Gasteiger charge is -1.97. The highest BCUT2D eigenvalue weighted by Crippen LogP contribution is 2.38. The number of aryl methyl sites for hydroxylation is 1. The van der Waals surface area contributed by atoms with Crippen LogP contribution in [0, 0.1) is 0 Å². The van der Waals surface area contributed by atoms with Crippen molar-refractivity contribution in [1.82, 2.24) is 14.8 Å². The largest absolute Gasteiger partial charge is 0.481 e. The second-order valence-electron chi connectivity index (χ2n) is 3.79. The monoisotopic (exact) mass is 195 g/mol. The Morgan fingerprint density at radius 1 is 1.64 bits per heavy atom. The summed E-state index contributed by atoms with van der Waals surface area (Å²) < 4.78 is 1.70. The molecule has 1 N–H and O–H groups in total. The molecule has 1 saturated carbocycles. The topological polar surface area (TPSA) is 68.0 Å². The van der Waals surface area contributed by atoms with Crippen LogP contribution in [0.4, 0.5) is 0 Å². The number of rotatable bonds is 3. The Labute approximate surface area is 81.8 Å². The first-order valence-corrected chi connectivity index (χ1v) is 4.73. The molecule has 2 rings (SSSR count). The molecule has 0 radical (unpaired) electrons. The number of nitrogens with zero attached hydrogens (tertiary/aromatic N) is 3. The molecule has 0 amide bonds. The second-order valence-corrected chi connectivity index (χ2v) is 3.79. The molecule has 1 aliphatic rings. The Morgan fingerprint density at radius 2 is 2.29 bits per heavy atom. The van der Waals surface area contributed by atoms with E-state index in [9.17, 15) is 4.79 Å². The fraction of sp³-hybridized carbons (Fsp3) is 0.667. The van der Waals surface area contributed by atoms with Crippen molar-refractivity contribution >= 4 is 5.97 Å². The minimum absolute atomic E-state index is 0.418. The summed E-state index contributed by atoms with van der Waals surface area (Å²) >= 11 is 0. The Hall–Kier alpha value is -1.39. The maximum absolute atomic E-state index is 10.7. The molecule has 1 aromatic heterocycles. The van der Waals surface area contributed by atoms with Crippen LogP contribution in [-0.2, 0) is 11.8 Å². The van der Waals surface area contributed by atoms with Gasteiger partial charge in [-0.3, -0.25) is 9.48 Å². The van der Waals surface area contributed by atoms with E-state index in [1.54, 1.807) is 11.6 Å². The molecule has 5 heteroatoms. The van der Waals surface area contributed by atoms with Gasteiger partial charge in [-0.15, -0.1) is 0 Å². The summed E-state index contributed by atoms with van der Waals surface area (Å²) in [6, 6.07) is 0. The molecule has 1 aliphatic carbocycles. The van der Waals surface area contributed by atoms with Crippen LogP contribution in [-0.4, -0.2) is 25.8 Å². The van der Waals surface area contributed by atoms with Crippen LogP contribution in [0.1, 0.15) is 43.3 Å². The minimum atomic E-state index is -0.877. The number of carboxylic acid groups (broad SMARTS) is 1. The smallest absolute Gasteiger partial charge is 0.314 e. The van der Waals surface area contributed by atoms with Crippen LogP contribution in [0.15, 0.2) is 0 Å². The number of hydrogen-bond acceptors (Lipinski definition) is 3. The maximum Gasteiger partial charge on any atom is 0.314 e. The van der Waals surface area contributed by atoms with Crippen molar-refractivity contribution < 1.29 is 9.90 Å². The molecule has 14 heavy (non-hydrogen) atoms. The number of aromatic nitrogens is 3. The van der Waals surface area contributed by atoms with Crippen molar-refractivity contribution in [1.29, 1.82) is 0 Å². The van der Waals surface area contributed by atoms with Crippen LogP contribution in [0.5, 0.6) is 0 Å². The summed E-state index contributed by atoms with van der Waals surface area (Å²) in [6.07, 6.45) is 2.29. The summed E-state index contributed by atoms with van der Waals surface area (Å²) in [5, 5.41) is 12.9. The first-order chi connectivity index (χ1) is 6.59. The van der Waals surface area contributed by atoms with E-state index in [1.165, 1.54) is 0 Å². The van der Waals surface area contributed by atoms with Crippen molar-refractivity contribution in [3.63, 3.8) is 0 Å². The molecule has 1 fully saturated rings. The number of carbonyl (C=O) groups is 1. The Morgan fingerprint density at radius 3 is 2.79 bits per heavy atom. The van der Waals surface area contributed by atoms with Crippen LogP contribution in [0.2, 0.25) is 0 Å². The summed E-state index contributed by atoms with van der Waals surface area (Å²) in [4.78, 5) is 15.0. The molecule has 1 atom stereocenters. The highest BCUT2D eigenvalue weighted by molar-refractivity contribution is 5.74. The average molecular weight is 195 g/mol. The van der Waals surface area contributed by atoms with Crippen molar-refractivity contribution in [2.75, 3.05) is 0 Å². The van der Waals surface area contributed by atoms with Gasteiger partial charge in [0.15, 0.2) is 5.82 Å². The van der Waals surface area contributed by atoms with E-state index in [0.717, 1.165) is 18.7 Å². The summed E-state index contributed by atoms with van der Waals surface area (Å²) in [7, 11) is 1.82. The zero-order chi connectivity index (χ0) is 10.3. The van der Waals surface area contributed by atoms with E-state index in [2.05, 4.69) is 10.1 Å². The van der Waals surface area contributed by atoms with Crippen molar-refractivity contribution in [3.8, 4) is 0 Å². The van der Waals surface area contributed by atoms with E-state index in [4.69, 9.17) is 5.11 Å². The van der Waals surface area contributed by atoms with Gasteiger partial charge in [-0.05, 0) is 19.8 Å². The second kappa shape index (κ2) is 3.08. The van der Waals surface area contributed by atoms with Gasteiger partial charge in [0.25, 0.3) is 0 Å². The van der Waals surface area contributed by atoms with Gasteiger partial charge < -0.3 is 5.11 Å². The highest BCUT2D eigenvalue weighted by Gasteiger charge is 2.30. The summed E-state index contributed by atoms with van der Waals surface area (Å²) in [5.41, 5.74) is 0. The highest BCUT2D eigenvalue weighted by atomic mass is 16.4. The predicted molar refractivity (Wildman–Crippen MR) is 49.0 cm³/mol. The molecular weight excluding hydrogens is 182 g/mol. The zero-order valence-corrected chi connectivity index (χ0v) is 8.27. The quantitative estimate of drug-likeness (QED) is 0.777. The third kappa shape index (κ3) is 1.49. The molecule has 0 bridgehead atoms. The predicted octanol–water partition coefficient (Wildman–Crippen LogP) is 0.881. The molecule has 5 nitrogen and oxygen atoms in total. The molecule has 0 spiro atoms. The fourth-order valence-corrected chi connectivity index (χ4v) is 1.41. The van der Waals surface area contributed by atoms with Gasteiger partial charge in [0.1, 0.15) is 11.7 Å². The van der Waals surface area contributed by atoms with Gasteiger partial charge in [0.2, 0.25) is 0 Å². The number of aliphatic carboxylic acids is 1. The first-order valence-electron chi connectivity index (χ1n) is 4.73. The maximum atomic E-state index is 10.7. The normalized spacial score (nSPS) is 18.1. The molecule has 1 unspecified atom stereocenters. The lowest BCUT2D eigenvalue weighted by Crippen LogP contribution is -2.09. The van der Waals surface area contributed by atoms with Crippen LogP contribution < -0.4 is 0 Å². The fourth-order valence-electron chi connectivity index (χ4n) is 1.41. The van der Waals surface area contributed by atoms with E-state index in [0.29, 0.717) is 11.7 Å². The van der Waals surface area contributed by atoms with Crippen molar-refractivity contribution in [2.24, 2.45) is 7.05 Å². The van der Waals surface area contributed by atoms with E-state index >= 15 is 0 Å². The van der Waals surface area contributed by atoms with Gasteiger partial charge in [-0.25, -0.2) is 4.98 Å². The molecule has 0 aromatic carbocycles. The lowest BCUT2D eigenvalue weighted by atomic mass is 10.2. The minimum Gasteiger partial charge on any atom is -0.481 e. The van der Waals surface area contributed by atoms with Gasteiger partial charge in [-0.2, -0.15) is 5.10 Å². The standard InChI is InChI=1S/C9H13N3O2/c1-5(9(13)14)7-10-8(6-3-4-6)12(2)11-7/h5-6H,3-4H2,1-2H3,(H,13,14). The average Bonchev–Trinajstić information content (AvgIpc) is 2.89. The molecule has 76 valence electrons. The Kier molecular flexibility index (Phi) is 2.02. The first kappa shape index (κ1) is 9.18. The molecule has 1 heterocycles. The molecule has 1 aromatic rings. The zero-order valence-electron chi connectivity index (χ0n) is 8.27. The SMILES string of the molecule is CC(C(=O)O)c1nc(C2CC2)n(C)n1. The summed E-state index contributed by atoms with van der Waals surface area (Å²) in [5.74, 6) is 0.351. The molecular formula is C9H13N3O2. The van der Waals surface area contributed by atoms with Gasteiger partial charge in [-0.1, -0.05) is 0 Å². The van der Waals surface area contributed by atoms with Crippen LogP contribution in [0.25, 0.3) is 0 Å². The number of carboxylic acids is 1. The van der Waals surface area contributed by atoms with E-state index in [-0.39, 0.29) is 0 Å². The van der Waals surface area contributed by atoms with Crippen molar-refractivity contribution in [3.05, 3.63) is 11.6 Å². The summed E-state index contributed by atoms with van der Waals surface area (Å²) in [6.45, 7) is 1.61. The lowest BCUT2D eigenvalue weighted by molar-refractivity contribution is -0.138. The molecule has 0 aliphatic heterocycles. The number of hydrogen-bond donors (Lipinski definition) is 1. The third-order valence-electron chi connectivity index (χ3n) is 2.51. The molecule has 0 saturated heterocycles. The van der Waals surface area contributed by atoms with E-state index in [1.807, 2.05) is 7.05 Å². The Balaban J connectivity index is 2.27. The van der Waals surface area contributed by atoms with Crippen molar-refractivity contribution in [2.45, 2.75) is 31.6 Å². The van der Waals surface area contributed by atoms with Gasteiger partial charge in [0, 0.05) is 13.0 Å².